The first-order valence-corrected chi connectivity index (χ1v) is 7.00. The Morgan fingerprint density at radius 1 is 1.11 bits per heavy atom. The van der Waals surface area contributed by atoms with Crippen LogP contribution in [0.4, 0.5) is 0 Å². The molecule has 0 heterocycles. The van der Waals surface area contributed by atoms with E-state index in [1.165, 1.54) is 0 Å². The zero-order valence-corrected chi connectivity index (χ0v) is 11.7. The van der Waals surface area contributed by atoms with Gasteiger partial charge in [0.15, 0.2) is 0 Å². The lowest BCUT2D eigenvalue weighted by Crippen LogP contribution is -1.85. The molecule has 0 fully saturated rings. The van der Waals surface area contributed by atoms with Gasteiger partial charge in [0.05, 0.1) is 5.56 Å². The summed E-state index contributed by atoms with van der Waals surface area (Å²) in [4.78, 5) is 0.880. The van der Waals surface area contributed by atoms with E-state index in [9.17, 15) is 0 Å². The lowest BCUT2D eigenvalue weighted by molar-refractivity contribution is 1.34. The van der Waals surface area contributed by atoms with Crippen LogP contribution in [0, 0.1) is 11.3 Å². The second kappa shape index (κ2) is 6.15. The summed E-state index contributed by atoms with van der Waals surface area (Å²) in [6, 6.07) is 15.1. The van der Waals surface area contributed by atoms with Gasteiger partial charge in [-0.15, -0.1) is 11.8 Å². The Morgan fingerprint density at radius 3 is 2.61 bits per heavy atom. The molecule has 0 spiro atoms. The van der Waals surface area contributed by atoms with Gasteiger partial charge in [-0.1, -0.05) is 41.4 Å². The predicted octanol–water partition coefficient (Wildman–Crippen LogP) is 5.16. The number of halogens is 2. The van der Waals surface area contributed by atoms with Crippen molar-refractivity contribution < 1.29 is 0 Å². The van der Waals surface area contributed by atoms with E-state index in [0.717, 1.165) is 15.5 Å². The number of thioether (sulfide) groups is 1. The van der Waals surface area contributed by atoms with Crippen LogP contribution in [0.15, 0.2) is 47.4 Å². The molecule has 0 bridgehead atoms. The standard InChI is InChI=1S/C14H9Cl2NS/c15-12-6-5-10(8-17)14(7-12)18-9-11-3-1-2-4-13(11)16/h1-7H,9H2. The lowest BCUT2D eigenvalue weighted by Gasteiger charge is -2.06. The van der Waals surface area contributed by atoms with Gasteiger partial charge >= 0.3 is 0 Å². The van der Waals surface area contributed by atoms with Gasteiger partial charge < -0.3 is 0 Å². The van der Waals surface area contributed by atoms with E-state index in [-0.39, 0.29) is 0 Å². The van der Waals surface area contributed by atoms with Crippen molar-refractivity contribution in [3.05, 3.63) is 63.6 Å². The quantitative estimate of drug-likeness (QED) is 0.730. The molecule has 1 nitrogen and oxygen atoms in total. The van der Waals surface area contributed by atoms with E-state index < -0.39 is 0 Å². The maximum atomic E-state index is 9.03. The Balaban J connectivity index is 2.18. The van der Waals surface area contributed by atoms with E-state index in [4.69, 9.17) is 28.5 Å². The van der Waals surface area contributed by atoms with Crippen molar-refractivity contribution in [2.24, 2.45) is 0 Å². The molecule has 0 N–H and O–H groups in total. The van der Waals surface area contributed by atoms with Crippen LogP contribution < -0.4 is 0 Å². The molecule has 0 aliphatic carbocycles. The molecule has 2 aromatic rings. The molecule has 0 saturated heterocycles. The van der Waals surface area contributed by atoms with Crippen molar-refractivity contribution in [1.29, 1.82) is 5.26 Å². The van der Waals surface area contributed by atoms with Crippen LogP contribution in [0.3, 0.4) is 0 Å². The minimum Gasteiger partial charge on any atom is -0.192 e. The molecule has 18 heavy (non-hydrogen) atoms. The highest BCUT2D eigenvalue weighted by Crippen LogP contribution is 2.30. The van der Waals surface area contributed by atoms with Crippen LogP contribution >= 0.6 is 35.0 Å². The van der Waals surface area contributed by atoms with Crippen molar-refractivity contribution in [1.82, 2.24) is 0 Å². The van der Waals surface area contributed by atoms with Crippen LogP contribution in [0.1, 0.15) is 11.1 Å². The molecule has 0 radical (unpaired) electrons. The Kier molecular flexibility index (Phi) is 4.54. The minimum absolute atomic E-state index is 0.635. The summed E-state index contributed by atoms with van der Waals surface area (Å²) >= 11 is 13.6. The molecule has 0 unspecified atom stereocenters. The summed E-state index contributed by atoms with van der Waals surface area (Å²) in [7, 11) is 0. The maximum Gasteiger partial charge on any atom is 0.100 e. The van der Waals surface area contributed by atoms with Crippen LogP contribution in [0.25, 0.3) is 0 Å². The number of nitrogens with zero attached hydrogens (tertiary/aromatic N) is 1. The molecule has 0 amide bonds. The number of hydrogen-bond donors (Lipinski definition) is 0. The first-order chi connectivity index (χ1) is 8.70. The van der Waals surface area contributed by atoms with Gasteiger partial charge in [-0.2, -0.15) is 5.26 Å². The summed E-state index contributed by atoms with van der Waals surface area (Å²) in [5.74, 6) is 0.717. The van der Waals surface area contributed by atoms with Crippen molar-refractivity contribution in [3.8, 4) is 6.07 Å². The SMILES string of the molecule is N#Cc1ccc(Cl)cc1SCc1ccccc1Cl. The van der Waals surface area contributed by atoms with Gasteiger partial charge in [0, 0.05) is 20.7 Å². The Hall–Kier alpha value is -1.14. The van der Waals surface area contributed by atoms with Gasteiger partial charge in [-0.05, 0) is 29.8 Å². The van der Waals surface area contributed by atoms with Gasteiger partial charge in [0.2, 0.25) is 0 Å². The zero-order chi connectivity index (χ0) is 13.0. The lowest BCUT2D eigenvalue weighted by atomic mass is 10.2. The van der Waals surface area contributed by atoms with Crippen LogP contribution in [-0.4, -0.2) is 0 Å². The molecule has 4 heteroatoms. The third-order valence-corrected chi connectivity index (χ3v) is 4.11. The molecule has 90 valence electrons. The van der Waals surface area contributed by atoms with E-state index in [2.05, 4.69) is 6.07 Å². The minimum atomic E-state index is 0.635. The average Bonchev–Trinajstić information content (AvgIpc) is 2.38. The Labute approximate surface area is 120 Å². The summed E-state index contributed by atoms with van der Waals surface area (Å²) in [6.07, 6.45) is 0. The fourth-order valence-corrected chi connectivity index (χ4v) is 3.04. The number of nitriles is 1. The topological polar surface area (TPSA) is 23.8 Å². The number of rotatable bonds is 3. The summed E-state index contributed by atoms with van der Waals surface area (Å²) in [6.45, 7) is 0. The van der Waals surface area contributed by atoms with Crippen molar-refractivity contribution >= 4 is 35.0 Å². The normalized spacial score (nSPS) is 10.1. The molecule has 2 aromatic carbocycles. The highest BCUT2D eigenvalue weighted by atomic mass is 35.5. The number of benzene rings is 2. The van der Waals surface area contributed by atoms with E-state index in [0.29, 0.717) is 16.3 Å². The van der Waals surface area contributed by atoms with Crippen molar-refractivity contribution in [3.63, 3.8) is 0 Å². The monoisotopic (exact) mass is 293 g/mol. The first-order valence-electron chi connectivity index (χ1n) is 5.26. The molecule has 0 atom stereocenters. The molecule has 2 rings (SSSR count). The van der Waals surface area contributed by atoms with E-state index in [1.807, 2.05) is 30.3 Å². The molecule has 0 aliphatic rings. The Bertz CT molecular complexity index is 605. The third kappa shape index (κ3) is 3.20. The summed E-state index contributed by atoms with van der Waals surface area (Å²) in [5, 5.41) is 10.4. The zero-order valence-electron chi connectivity index (χ0n) is 9.36. The molecular weight excluding hydrogens is 285 g/mol. The fraction of sp³-hybridized carbons (Fsp3) is 0.0714. The summed E-state index contributed by atoms with van der Waals surface area (Å²) < 4.78 is 0. The fourth-order valence-electron chi connectivity index (χ4n) is 1.48. The van der Waals surface area contributed by atoms with Crippen LogP contribution in [0.5, 0.6) is 0 Å². The third-order valence-electron chi connectivity index (χ3n) is 2.41. The van der Waals surface area contributed by atoms with E-state index >= 15 is 0 Å². The largest absolute Gasteiger partial charge is 0.192 e. The first kappa shape index (κ1) is 13.3. The van der Waals surface area contributed by atoms with Gasteiger partial charge in [0.25, 0.3) is 0 Å². The molecule has 0 aliphatic heterocycles. The van der Waals surface area contributed by atoms with E-state index in [1.54, 1.807) is 23.9 Å². The second-order valence-corrected chi connectivity index (χ2v) is 5.49. The molecular formula is C14H9Cl2NS. The smallest absolute Gasteiger partial charge is 0.100 e. The van der Waals surface area contributed by atoms with Gasteiger partial charge in [0.1, 0.15) is 6.07 Å². The Morgan fingerprint density at radius 2 is 1.89 bits per heavy atom. The second-order valence-electron chi connectivity index (χ2n) is 3.63. The number of hydrogen-bond acceptors (Lipinski definition) is 2. The highest BCUT2D eigenvalue weighted by Gasteiger charge is 2.05. The highest BCUT2D eigenvalue weighted by molar-refractivity contribution is 7.98. The van der Waals surface area contributed by atoms with Crippen LogP contribution in [0.2, 0.25) is 10.0 Å². The van der Waals surface area contributed by atoms with Gasteiger partial charge in [-0.25, -0.2) is 0 Å². The van der Waals surface area contributed by atoms with Crippen molar-refractivity contribution in [2.45, 2.75) is 10.6 Å². The van der Waals surface area contributed by atoms with Gasteiger partial charge in [-0.3, -0.25) is 0 Å². The maximum absolute atomic E-state index is 9.03. The predicted molar refractivity (Wildman–Crippen MR) is 77.2 cm³/mol. The average molecular weight is 294 g/mol. The van der Waals surface area contributed by atoms with Crippen molar-refractivity contribution in [2.75, 3.05) is 0 Å². The molecule has 0 saturated carbocycles. The summed E-state index contributed by atoms with van der Waals surface area (Å²) in [5.41, 5.74) is 1.68. The van der Waals surface area contributed by atoms with Crippen LogP contribution in [-0.2, 0) is 5.75 Å². The molecule has 0 aromatic heterocycles.